The van der Waals surface area contributed by atoms with Crippen LogP contribution in [0.2, 0.25) is 0 Å². The fraction of sp³-hybridized carbons (Fsp3) is 1.00. The Morgan fingerprint density at radius 2 is 1.00 bits per heavy atom. The molecule has 0 aromatic heterocycles. The second kappa shape index (κ2) is 9.04. The van der Waals surface area contributed by atoms with Gasteiger partial charge in [0.15, 0.2) is 0 Å². The summed E-state index contributed by atoms with van der Waals surface area (Å²) in [5, 5.41) is 7.74. The molecule has 0 radical (unpaired) electrons. The number of rotatable bonds is 7. The molecule has 2 unspecified atom stereocenters. The molecular formula is C18H36N2. The minimum absolute atomic E-state index is 0.711. The van der Waals surface area contributed by atoms with Crippen LogP contribution in [0.4, 0.5) is 0 Å². The lowest BCUT2D eigenvalue weighted by atomic mass is 9.74. The minimum Gasteiger partial charge on any atom is -0.312 e. The van der Waals surface area contributed by atoms with Crippen LogP contribution in [0.15, 0.2) is 0 Å². The zero-order valence-corrected chi connectivity index (χ0v) is 13.8. The molecule has 0 aromatic rings. The van der Waals surface area contributed by atoms with Gasteiger partial charge in [0, 0.05) is 12.1 Å². The van der Waals surface area contributed by atoms with E-state index in [9.17, 15) is 0 Å². The summed E-state index contributed by atoms with van der Waals surface area (Å²) in [6, 6.07) is 1.42. The predicted octanol–water partition coefficient (Wildman–Crippen LogP) is 4.10. The highest BCUT2D eigenvalue weighted by atomic mass is 15.0. The first kappa shape index (κ1) is 16.3. The van der Waals surface area contributed by atoms with Gasteiger partial charge >= 0.3 is 0 Å². The SMILES string of the molecule is CCNC(C1CCCCC1)C(NCC)C1CCCCC1. The van der Waals surface area contributed by atoms with Crippen LogP contribution < -0.4 is 10.6 Å². The molecule has 2 N–H and O–H groups in total. The molecule has 0 aliphatic heterocycles. The highest BCUT2D eigenvalue weighted by molar-refractivity contribution is 4.93. The summed E-state index contributed by atoms with van der Waals surface area (Å²) in [6.07, 6.45) is 14.5. The molecule has 0 spiro atoms. The van der Waals surface area contributed by atoms with Crippen LogP contribution in [0.25, 0.3) is 0 Å². The van der Waals surface area contributed by atoms with Gasteiger partial charge in [0.05, 0.1) is 0 Å². The Labute approximate surface area is 126 Å². The van der Waals surface area contributed by atoms with Crippen molar-refractivity contribution in [2.45, 2.75) is 90.1 Å². The van der Waals surface area contributed by atoms with E-state index in [0.29, 0.717) is 12.1 Å². The average molecular weight is 281 g/mol. The maximum Gasteiger partial charge on any atom is 0.0251 e. The quantitative estimate of drug-likeness (QED) is 0.733. The molecule has 0 amide bonds. The summed E-state index contributed by atoms with van der Waals surface area (Å²) in [4.78, 5) is 0. The summed E-state index contributed by atoms with van der Waals surface area (Å²) in [5.74, 6) is 1.82. The van der Waals surface area contributed by atoms with Crippen LogP contribution >= 0.6 is 0 Å². The maximum absolute atomic E-state index is 3.87. The summed E-state index contributed by atoms with van der Waals surface area (Å²) in [5.41, 5.74) is 0. The molecule has 2 heteroatoms. The van der Waals surface area contributed by atoms with Crippen LogP contribution in [0.1, 0.15) is 78.1 Å². The molecule has 118 valence electrons. The smallest absolute Gasteiger partial charge is 0.0251 e. The molecule has 2 aliphatic carbocycles. The van der Waals surface area contributed by atoms with Crippen molar-refractivity contribution in [3.05, 3.63) is 0 Å². The number of hydrogen-bond acceptors (Lipinski definition) is 2. The molecule has 0 heterocycles. The van der Waals surface area contributed by atoms with E-state index < -0.39 is 0 Å². The highest BCUT2D eigenvalue weighted by Gasteiger charge is 2.34. The minimum atomic E-state index is 0.711. The van der Waals surface area contributed by atoms with E-state index in [1.165, 1.54) is 64.2 Å². The first-order valence-corrected chi connectivity index (χ1v) is 9.33. The van der Waals surface area contributed by atoms with Gasteiger partial charge in [0.1, 0.15) is 0 Å². The van der Waals surface area contributed by atoms with E-state index in [1.54, 1.807) is 0 Å². The Kier molecular flexibility index (Phi) is 7.37. The van der Waals surface area contributed by atoms with Gasteiger partial charge in [-0.3, -0.25) is 0 Å². The van der Waals surface area contributed by atoms with Crippen molar-refractivity contribution in [3.8, 4) is 0 Å². The standard InChI is InChI=1S/C18H36N2/c1-3-19-17(15-11-7-5-8-12-15)18(20-4-2)16-13-9-6-10-14-16/h15-20H,3-14H2,1-2H3. The molecule has 2 atom stereocenters. The molecular weight excluding hydrogens is 244 g/mol. The Morgan fingerprint density at radius 1 is 0.650 bits per heavy atom. The van der Waals surface area contributed by atoms with Crippen molar-refractivity contribution in [1.29, 1.82) is 0 Å². The van der Waals surface area contributed by atoms with Crippen molar-refractivity contribution < 1.29 is 0 Å². The van der Waals surface area contributed by atoms with Crippen molar-refractivity contribution >= 4 is 0 Å². The zero-order valence-electron chi connectivity index (χ0n) is 13.8. The molecule has 0 saturated heterocycles. The van der Waals surface area contributed by atoms with Gasteiger partial charge in [-0.25, -0.2) is 0 Å². The van der Waals surface area contributed by atoms with E-state index in [2.05, 4.69) is 24.5 Å². The summed E-state index contributed by atoms with van der Waals surface area (Å²) in [6.45, 7) is 6.80. The predicted molar refractivity (Wildman–Crippen MR) is 88.1 cm³/mol. The van der Waals surface area contributed by atoms with E-state index in [0.717, 1.165) is 24.9 Å². The first-order chi connectivity index (χ1) is 9.86. The summed E-state index contributed by atoms with van der Waals surface area (Å²) in [7, 11) is 0. The maximum atomic E-state index is 3.87. The molecule has 0 bridgehead atoms. The Hall–Kier alpha value is -0.0800. The molecule has 2 saturated carbocycles. The molecule has 2 nitrogen and oxygen atoms in total. The number of hydrogen-bond donors (Lipinski definition) is 2. The summed E-state index contributed by atoms with van der Waals surface area (Å²) < 4.78 is 0. The van der Waals surface area contributed by atoms with Gasteiger partial charge in [0.2, 0.25) is 0 Å². The lowest BCUT2D eigenvalue weighted by Gasteiger charge is -2.42. The van der Waals surface area contributed by atoms with Gasteiger partial charge < -0.3 is 10.6 Å². The Bertz CT molecular complexity index is 216. The van der Waals surface area contributed by atoms with Crippen molar-refractivity contribution in [3.63, 3.8) is 0 Å². The molecule has 2 fully saturated rings. The molecule has 2 rings (SSSR count). The average Bonchev–Trinajstić information content (AvgIpc) is 2.52. The molecule has 0 aromatic carbocycles. The van der Waals surface area contributed by atoms with Crippen molar-refractivity contribution in [2.75, 3.05) is 13.1 Å². The topological polar surface area (TPSA) is 24.1 Å². The van der Waals surface area contributed by atoms with Crippen LogP contribution in [0, 0.1) is 11.8 Å². The van der Waals surface area contributed by atoms with Gasteiger partial charge in [-0.05, 0) is 50.6 Å². The van der Waals surface area contributed by atoms with E-state index >= 15 is 0 Å². The van der Waals surface area contributed by atoms with E-state index in [-0.39, 0.29) is 0 Å². The molecule has 20 heavy (non-hydrogen) atoms. The zero-order chi connectivity index (χ0) is 14.2. The van der Waals surface area contributed by atoms with Crippen LogP contribution in [0.3, 0.4) is 0 Å². The Balaban J connectivity index is 2.03. The van der Waals surface area contributed by atoms with E-state index in [1.807, 2.05) is 0 Å². The van der Waals surface area contributed by atoms with Crippen molar-refractivity contribution in [1.82, 2.24) is 10.6 Å². The van der Waals surface area contributed by atoms with Crippen LogP contribution in [-0.2, 0) is 0 Å². The fourth-order valence-electron chi connectivity index (χ4n) is 4.63. The Morgan fingerprint density at radius 3 is 1.30 bits per heavy atom. The second-order valence-corrected chi connectivity index (χ2v) is 6.96. The summed E-state index contributed by atoms with van der Waals surface area (Å²) >= 11 is 0. The van der Waals surface area contributed by atoms with Gasteiger partial charge in [-0.1, -0.05) is 52.4 Å². The fourth-order valence-corrected chi connectivity index (χ4v) is 4.63. The third kappa shape index (κ3) is 4.46. The monoisotopic (exact) mass is 280 g/mol. The lowest BCUT2D eigenvalue weighted by Crippen LogP contribution is -2.56. The third-order valence-electron chi connectivity index (χ3n) is 5.58. The highest BCUT2D eigenvalue weighted by Crippen LogP contribution is 2.34. The van der Waals surface area contributed by atoms with Crippen molar-refractivity contribution in [2.24, 2.45) is 11.8 Å². The second-order valence-electron chi connectivity index (χ2n) is 6.96. The van der Waals surface area contributed by atoms with Gasteiger partial charge in [0.25, 0.3) is 0 Å². The van der Waals surface area contributed by atoms with Crippen LogP contribution in [-0.4, -0.2) is 25.2 Å². The molecule has 2 aliphatic rings. The largest absolute Gasteiger partial charge is 0.312 e. The van der Waals surface area contributed by atoms with Gasteiger partial charge in [-0.2, -0.15) is 0 Å². The normalized spacial score (nSPS) is 25.5. The van der Waals surface area contributed by atoms with E-state index in [4.69, 9.17) is 0 Å². The first-order valence-electron chi connectivity index (χ1n) is 9.33. The third-order valence-corrected chi connectivity index (χ3v) is 5.58. The lowest BCUT2D eigenvalue weighted by molar-refractivity contribution is 0.161. The number of nitrogens with one attached hydrogen (secondary N) is 2. The number of likely N-dealkylation sites (N-methyl/N-ethyl adjacent to an activating group) is 2. The van der Waals surface area contributed by atoms with Gasteiger partial charge in [-0.15, -0.1) is 0 Å². The van der Waals surface area contributed by atoms with Crippen LogP contribution in [0.5, 0.6) is 0 Å².